The molecule has 2 aliphatic carbocycles. The van der Waals surface area contributed by atoms with E-state index in [1.54, 1.807) is 25.3 Å². The molecule has 6 heteroatoms. The van der Waals surface area contributed by atoms with E-state index in [0.717, 1.165) is 6.42 Å². The Bertz CT molecular complexity index is 683. The normalized spacial score (nSPS) is 23.3. The van der Waals surface area contributed by atoms with E-state index >= 15 is 0 Å². The van der Waals surface area contributed by atoms with E-state index in [2.05, 4.69) is 5.32 Å². The number of amides is 1. The summed E-state index contributed by atoms with van der Waals surface area (Å²) in [5.74, 6) is 1.29. The summed E-state index contributed by atoms with van der Waals surface area (Å²) < 4.78 is 10.6. The summed E-state index contributed by atoms with van der Waals surface area (Å²) in [7, 11) is 3.08. The smallest absolute Gasteiger partial charge is 0.305 e. The zero-order valence-corrected chi connectivity index (χ0v) is 16.1. The lowest BCUT2D eigenvalue weighted by atomic mass is 9.85. The molecule has 1 amide bonds. The Balaban J connectivity index is 1.70. The Morgan fingerprint density at radius 3 is 2.56 bits per heavy atom. The van der Waals surface area contributed by atoms with E-state index in [1.807, 2.05) is 0 Å². The van der Waals surface area contributed by atoms with Crippen LogP contribution in [0.1, 0.15) is 56.6 Å². The van der Waals surface area contributed by atoms with E-state index in [0.29, 0.717) is 28.9 Å². The number of carboxylic acid groups (broad SMARTS) is 1. The summed E-state index contributed by atoms with van der Waals surface area (Å²) in [6.45, 7) is 0. The largest absolute Gasteiger partial charge is 0.497 e. The fourth-order valence-corrected chi connectivity index (χ4v) is 4.40. The number of carboxylic acids is 1. The van der Waals surface area contributed by atoms with Crippen molar-refractivity contribution in [2.45, 2.75) is 51.0 Å². The maximum absolute atomic E-state index is 12.8. The average Bonchev–Trinajstić information content (AvgIpc) is 3.48. The highest BCUT2D eigenvalue weighted by Crippen LogP contribution is 2.49. The van der Waals surface area contributed by atoms with Crippen molar-refractivity contribution in [3.63, 3.8) is 0 Å². The summed E-state index contributed by atoms with van der Waals surface area (Å²) in [6.07, 6.45) is 7.02. The minimum absolute atomic E-state index is 0.0219. The molecule has 3 unspecified atom stereocenters. The Labute approximate surface area is 160 Å². The molecular weight excluding hydrogens is 346 g/mol. The predicted octanol–water partition coefficient (Wildman–Crippen LogP) is 3.55. The van der Waals surface area contributed by atoms with Gasteiger partial charge in [0.15, 0.2) is 0 Å². The summed E-state index contributed by atoms with van der Waals surface area (Å²) in [5.41, 5.74) is 0.656. The SMILES string of the molecule is COc1ccc(C(CC(=O)O)NC(=O)C2CC2C2CCCCC2)c(OC)c1. The average molecular weight is 375 g/mol. The topological polar surface area (TPSA) is 84.9 Å². The van der Waals surface area contributed by atoms with Crippen LogP contribution in [-0.2, 0) is 9.59 Å². The van der Waals surface area contributed by atoms with Crippen LogP contribution < -0.4 is 14.8 Å². The maximum Gasteiger partial charge on any atom is 0.305 e. The molecule has 6 nitrogen and oxygen atoms in total. The Kier molecular flexibility index (Phi) is 6.24. The molecule has 2 N–H and O–H groups in total. The summed E-state index contributed by atoms with van der Waals surface area (Å²) in [4.78, 5) is 24.1. The molecule has 0 spiro atoms. The van der Waals surface area contributed by atoms with Gasteiger partial charge in [-0.2, -0.15) is 0 Å². The number of hydrogen-bond acceptors (Lipinski definition) is 4. The first-order chi connectivity index (χ1) is 13.0. The maximum atomic E-state index is 12.8. The van der Waals surface area contributed by atoms with Crippen molar-refractivity contribution in [1.82, 2.24) is 5.32 Å². The third-order valence-corrected chi connectivity index (χ3v) is 5.94. The van der Waals surface area contributed by atoms with Gasteiger partial charge >= 0.3 is 5.97 Å². The zero-order valence-electron chi connectivity index (χ0n) is 16.1. The van der Waals surface area contributed by atoms with Crippen LogP contribution in [-0.4, -0.2) is 31.2 Å². The molecule has 27 heavy (non-hydrogen) atoms. The lowest BCUT2D eigenvalue weighted by molar-refractivity contribution is -0.137. The van der Waals surface area contributed by atoms with Gasteiger partial charge in [-0.15, -0.1) is 0 Å². The fourth-order valence-electron chi connectivity index (χ4n) is 4.40. The van der Waals surface area contributed by atoms with Crippen molar-refractivity contribution in [3.05, 3.63) is 23.8 Å². The number of methoxy groups -OCH3 is 2. The van der Waals surface area contributed by atoms with E-state index in [-0.39, 0.29) is 18.2 Å². The standard InChI is InChI=1S/C21H29NO5/c1-26-14-8-9-15(19(10-14)27-2)18(12-20(23)24)22-21(25)17-11-16(17)13-6-4-3-5-7-13/h8-10,13,16-18H,3-7,11-12H2,1-2H3,(H,22,25)(H,23,24). The number of carbonyl (C=O) groups excluding carboxylic acids is 1. The highest BCUT2D eigenvalue weighted by molar-refractivity contribution is 5.83. The number of ether oxygens (including phenoxy) is 2. The number of nitrogens with one attached hydrogen (secondary N) is 1. The molecule has 0 saturated heterocycles. The van der Waals surface area contributed by atoms with Gasteiger partial charge in [0.2, 0.25) is 5.91 Å². The van der Waals surface area contributed by atoms with Gasteiger partial charge in [0, 0.05) is 17.5 Å². The Hall–Kier alpha value is -2.24. The van der Waals surface area contributed by atoms with Crippen LogP contribution in [0.5, 0.6) is 11.5 Å². The van der Waals surface area contributed by atoms with Gasteiger partial charge in [-0.05, 0) is 30.4 Å². The van der Waals surface area contributed by atoms with Gasteiger partial charge in [0.1, 0.15) is 11.5 Å². The van der Waals surface area contributed by atoms with Crippen molar-refractivity contribution in [2.24, 2.45) is 17.8 Å². The van der Waals surface area contributed by atoms with E-state index < -0.39 is 12.0 Å². The second-order valence-corrected chi connectivity index (χ2v) is 7.67. The molecule has 0 aromatic heterocycles. The molecule has 1 aromatic rings. The summed E-state index contributed by atoms with van der Waals surface area (Å²) >= 11 is 0. The Morgan fingerprint density at radius 2 is 1.93 bits per heavy atom. The second-order valence-electron chi connectivity index (χ2n) is 7.67. The third-order valence-electron chi connectivity index (χ3n) is 5.94. The van der Waals surface area contributed by atoms with Crippen molar-refractivity contribution in [2.75, 3.05) is 14.2 Å². The van der Waals surface area contributed by atoms with Crippen molar-refractivity contribution in [3.8, 4) is 11.5 Å². The molecule has 2 saturated carbocycles. The van der Waals surface area contributed by atoms with Crippen LogP contribution in [0.25, 0.3) is 0 Å². The minimum Gasteiger partial charge on any atom is -0.497 e. The minimum atomic E-state index is -0.960. The number of rotatable bonds is 8. The van der Waals surface area contributed by atoms with Gasteiger partial charge in [0.05, 0.1) is 26.7 Å². The molecule has 2 aliphatic rings. The monoisotopic (exact) mass is 375 g/mol. The van der Waals surface area contributed by atoms with Crippen molar-refractivity contribution in [1.29, 1.82) is 0 Å². The second kappa shape index (κ2) is 8.63. The lowest BCUT2D eigenvalue weighted by Crippen LogP contribution is -2.32. The van der Waals surface area contributed by atoms with Gasteiger partial charge in [-0.1, -0.05) is 32.1 Å². The molecule has 0 aliphatic heterocycles. The van der Waals surface area contributed by atoms with Crippen molar-refractivity contribution < 1.29 is 24.2 Å². The highest BCUT2D eigenvalue weighted by atomic mass is 16.5. The first-order valence-electron chi connectivity index (χ1n) is 9.77. The number of aliphatic carboxylic acids is 1. The number of benzene rings is 1. The van der Waals surface area contributed by atoms with Crippen LogP contribution in [0.3, 0.4) is 0 Å². The van der Waals surface area contributed by atoms with E-state index in [9.17, 15) is 14.7 Å². The first-order valence-corrected chi connectivity index (χ1v) is 9.77. The van der Waals surface area contributed by atoms with Gasteiger partial charge in [-0.25, -0.2) is 0 Å². The van der Waals surface area contributed by atoms with E-state index in [1.165, 1.54) is 39.2 Å². The highest BCUT2D eigenvalue weighted by Gasteiger charge is 2.47. The predicted molar refractivity (Wildman–Crippen MR) is 101 cm³/mol. The number of hydrogen-bond donors (Lipinski definition) is 2. The quantitative estimate of drug-likeness (QED) is 0.726. The molecule has 0 radical (unpaired) electrons. The molecule has 148 valence electrons. The van der Waals surface area contributed by atoms with Crippen LogP contribution in [0, 0.1) is 17.8 Å². The Morgan fingerprint density at radius 1 is 1.19 bits per heavy atom. The molecule has 3 atom stereocenters. The number of carbonyl (C=O) groups is 2. The fraction of sp³-hybridized carbons (Fsp3) is 0.619. The van der Waals surface area contributed by atoms with Gasteiger partial charge in [0.25, 0.3) is 0 Å². The summed E-state index contributed by atoms with van der Waals surface area (Å²) in [5, 5.41) is 12.3. The molecule has 2 fully saturated rings. The summed E-state index contributed by atoms with van der Waals surface area (Å²) in [6, 6.07) is 4.60. The molecular formula is C21H29NO5. The molecule has 0 bridgehead atoms. The molecule has 1 aromatic carbocycles. The van der Waals surface area contributed by atoms with Gasteiger partial charge in [-0.3, -0.25) is 9.59 Å². The van der Waals surface area contributed by atoms with Crippen LogP contribution >= 0.6 is 0 Å². The third kappa shape index (κ3) is 4.73. The van der Waals surface area contributed by atoms with Crippen LogP contribution in [0.15, 0.2) is 18.2 Å². The first kappa shape index (κ1) is 19.5. The van der Waals surface area contributed by atoms with E-state index in [4.69, 9.17) is 9.47 Å². The van der Waals surface area contributed by atoms with Crippen LogP contribution in [0.4, 0.5) is 0 Å². The lowest BCUT2D eigenvalue weighted by Gasteiger charge is -2.23. The zero-order chi connectivity index (χ0) is 19.4. The van der Waals surface area contributed by atoms with Crippen LogP contribution in [0.2, 0.25) is 0 Å². The molecule has 3 rings (SSSR count). The molecule has 0 heterocycles. The van der Waals surface area contributed by atoms with Gasteiger partial charge < -0.3 is 19.9 Å². The van der Waals surface area contributed by atoms with Crippen molar-refractivity contribution >= 4 is 11.9 Å².